The van der Waals surface area contributed by atoms with Crippen LogP contribution < -0.4 is 10.1 Å². The maximum absolute atomic E-state index is 13.2. The summed E-state index contributed by atoms with van der Waals surface area (Å²) in [5, 5.41) is 3.35. The number of ketones is 1. The van der Waals surface area contributed by atoms with Gasteiger partial charge in [-0.2, -0.15) is 0 Å². The fourth-order valence-corrected chi connectivity index (χ4v) is 4.73. The molecule has 1 unspecified atom stereocenters. The van der Waals surface area contributed by atoms with Crippen LogP contribution in [0.5, 0.6) is 5.75 Å². The number of ether oxygens (including phenoxy) is 2. The zero-order valence-electron chi connectivity index (χ0n) is 17.6. The number of methoxy groups -OCH3 is 1. The third-order valence-corrected chi connectivity index (χ3v) is 6.03. The molecule has 1 aromatic rings. The van der Waals surface area contributed by atoms with E-state index in [0.29, 0.717) is 29.9 Å². The second kappa shape index (κ2) is 8.34. The molecule has 0 saturated heterocycles. The summed E-state index contributed by atoms with van der Waals surface area (Å²) in [7, 11) is 1.61. The van der Waals surface area contributed by atoms with Crippen LogP contribution in [0.1, 0.15) is 58.4 Å². The van der Waals surface area contributed by atoms with E-state index in [9.17, 15) is 9.59 Å². The molecule has 5 nitrogen and oxygen atoms in total. The Hall–Kier alpha value is -2.08. The second-order valence-electron chi connectivity index (χ2n) is 8.46. The van der Waals surface area contributed by atoms with Crippen molar-refractivity contribution in [3.05, 3.63) is 50.8 Å². The third kappa shape index (κ3) is 4.27. The van der Waals surface area contributed by atoms with Crippen LogP contribution in [-0.4, -0.2) is 25.5 Å². The number of nitrogens with one attached hydrogen (secondary N) is 1. The van der Waals surface area contributed by atoms with E-state index in [1.165, 1.54) is 0 Å². The van der Waals surface area contributed by atoms with Crippen LogP contribution in [0.2, 0.25) is 0 Å². The predicted molar refractivity (Wildman–Crippen MR) is 116 cm³/mol. The Morgan fingerprint density at radius 2 is 2.03 bits per heavy atom. The Kier molecular flexibility index (Phi) is 6.22. The minimum atomic E-state index is -0.457. The molecule has 0 saturated carbocycles. The van der Waals surface area contributed by atoms with Gasteiger partial charge in [0.1, 0.15) is 5.75 Å². The van der Waals surface area contributed by atoms with Crippen LogP contribution >= 0.6 is 15.9 Å². The Morgan fingerprint density at radius 3 is 2.66 bits per heavy atom. The summed E-state index contributed by atoms with van der Waals surface area (Å²) in [5.41, 5.74) is 3.58. The topological polar surface area (TPSA) is 64.6 Å². The molecule has 29 heavy (non-hydrogen) atoms. The summed E-state index contributed by atoms with van der Waals surface area (Å²) in [5.74, 6) is -0.0582. The smallest absolute Gasteiger partial charge is 0.336 e. The van der Waals surface area contributed by atoms with Gasteiger partial charge in [0.15, 0.2) is 5.78 Å². The molecule has 0 radical (unpaired) electrons. The number of Topliss-reactive ketones (excluding diaryl/α,β-unsaturated/α-hetero) is 1. The molecule has 0 aromatic heterocycles. The predicted octanol–water partition coefficient (Wildman–Crippen LogP) is 5.01. The lowest BCUT2D eigenvalue weighted by Gasteiger charge is -2.39. The van der Waals surface area contributed by atoms with E-state index in [1.54, 1.807) is 7.11 Å². The SMILES string of the molecule is CCCOC(=O)C1=C(C)NC2=C(C(=O)CC(C)(C)C2)C1c1ccc(OC)c(Br)c1. The molecular formula is C23H28BrNO4. The van der Waals surface area contributed by atoms with Crippen molar-refractivity contribution in [2.24, 2.45) is 5.41 Å². The lowest BCUT2D eigenvalue weighted by Crippen LogP contribution is -2.38. The minimum absolute atomic E-state index is 0.0778. The molecule has 2 aliphatic rings. The van der Waals surface area contributed by atoms with E-state index < -0.39 is 5.92 Å². The molecular weight excluding hydrogens is 434 g/mol. The summed E-state index contributed by atoms with van der Waals surface area (Å²) in [6, 6.07) is 5.69. The van der Waals surface area contributed by atoms with Crippen LogP contribution in [0, 0.1) is 5.41 Å². The quantitative estimate of drug-likeness (QED) is 0.623. The van der Waals surface area contributed by atoms with Crippen molar-refractivity contribution in [1.29, 1.82) is 0 Å². The molecule has 1 aromatic carbocycles. The van der Waals surface area contributed by atoms with E-state index in [2.05, 4.69) is 35.1 Å². The molecule has 1 N–H and O–H groups in total. The summed E-state index contributed by atoms with van der Waals surface area (Å²) >= 11 is 3.54. The van der Waals surface area contributed by atoms with Crippen LogP contribution in [0.3, 0.4) is 0 Å². The number of allylic oxidation sites excluding steroid dienone is 3. The van der Waals surface area contributed by atoms with Crippen molar-refractivity contribution in [2.45, 2.75) is 52.9 Å². The van der Waals surface area contributed by atoms with Gasteiger partial charge in [-0.1, -0.05) is 26.8 Å². The highest BCUT2D eigenvalue weighted by Gasteiger charge is 2.43. The van der Waals surface area contributed by atoms with Crippen molar-refractivity contribution in [2.75, 3.05) is 13.7 Å². The van der Waals surface area contributed by atoms with Gasteiger partial charge < -0.3 is 14.8 Å². The second-order valence-corrected chi connectivity index (χ2v) is 9.31. The van der Waals surface area contributed by atoms with Crippen LogP contribution in [-0.2, 0) is 14.3 Å². The molecule has 0 amide bonds. The van der Waals surface area contributed by atoms with Crippen molar-refractivity contribution in [3.63, 3.8) is 0 Å². The fraction of sp³-hybridized carbons (Fsp3) is 0.478. The van der Waals surface area contributed by atoms with E-state index in [-0.39, 0.29) is 17.2 Å². The zero-order chi connectivity index (χ0) is 21.3. The van der Waals surface area contributed by atoms with Gasteiger partial charge in [0.05, 0.1) is 23.8 Å². The Labute approximate surface area is 180 Å². The van der Waals surface area contributed by atoms with E-state index in [1.807, 2.05) is 32.0 Å². The number of benzene rings is 1. The average molecular weight is 462 g/mol. The maximum Gasteiger partial charge on any atom is 0.336 e. The molecule has 0 spiro atoms. The molecule has 1 heterocycles. The van der Waals surface area contributed by atoms with Gasteiger partial charge in [0.2, 0.25) is 0 Å². The Morgan fingerprint density at radius 1 is 1.31 bits per heavy atom. The summed E-state index contributed by atoms with van der Waals surface area (Å²) < 4.78 is 11.6. The fourth-order valence-electron chi connectivity index (χ4n) is 4.17. The molecule has 0 fully saturated rings. The Balaban J connectivity index is 2.16. The first kappa shape index (κ1) is 21.6. The zero-order valence-corrected chi connectivity index (χ0v) is 19.2. The highest BCUT2D eigenvalue weighted by Crippen LogP contribution is 2.47. The molecule has 1 atom stereocenters. The van der Waals surface area contributed by atoms with Gasteiger partial charge in [0.25, 0.3) is 0 Å². The van der Waals surface area contributed by atoms with Crippen molar-refractivity contribution < 1.29 is 19.1 Å². The van der Waals surface area contributed by atoms with Crippen molar-refractivity contribution in [3.8, 4) is 5.75 Å². The summed E-state index contributed by atoms with van der Waals surface area (Å²) in [6.07, 6.45) is 1.96. The van der Waals surface area contributed by atoms with Gasteiger partial charge in [-0.25, -0.2) is 4.79 Å². The van der Waals surface area contributed by atoms with Crippen LogP contribution in [0.15, 0.2) is 45.2 Å². The number of rotatable bonds is 5. The molecule has 1 aliphatic heterocycles. The first-order valence-electron chi connectivity index (χ1n) is 9.93. The number of dihydropyridines is 1. The Bertz CT molecular complexity index is 913. The third-order valence-electron chi connectivity index (χ3n) is 5.41. The first-order valence-corrected chi connectivity index (χ1v) is 10.7. The first-order chi connectivity index (χ1) is 13.7. The van der Waals surface area contributed by atoms with Gasteiger partial charge in [-0.3, -0.25) is 4.79 Å². The largest absolute Gasteiger partial charge is 0.496 e. The lowest BCUT2D eigenvalue weighted by molar-refractivity contribution is -0.139. The summed E-state index contributed by atoms with van der Waals surface area (Å²) in [6.45, 7) is 8.38. The molecule has 6 heteroatoms. The normalized spacial score (nSPS) is 20.9. The number of carbonyl (C=O) groups is 2. The maximum atomic E-state index is 13.2. The minimum Gasteiger partial charge on any atom is -0.496 e. The van der Waals surface area contributed by atoms with Crippen LogP contribution in [0.25, 0.3) is 0 Å². The van der Waals surface area contributed by atoms with E-state index >= 15 is 0 Å². The van der Waals surface area contributed by atoms with Gasteiger partial charge >= 0.3 is 5.97 Å². The van der Waals surface area contributed by atoms with Crippen LogP contribution in [0.4, 0.5) is 0 Å². The molecule has 156 valence electrons. The number of esters is 1. The number of hydrogen-bond donors (Lipinski definition) is 1. The van der Waals surface area contributed by atoms with Gasteiger partial charge in [-0.15, -0.1) is 0 Å². The van der Waals surface area contributed by atoms with Crippen molar-refractivity contribution >= 4 is 27.7 Å². The monoisotopic (exact) mass is 461 g/mol. The highest BCUT2D eigenvalue weighted by atomic mass is 79.9. The van der Waals surface area contributed by atoms with Gasteiger partial charge in [-0.05, 0) is 58.8 Å². The summed E-state index contributed by atoms with van der Waals surface area (Å²) in [4.78, 5) is 26.2. The highest BCUT2D eigenvalue weighted by molar-refractivity contribution is 9.10. The molecule has 0 bridgehead atoms. The number of halogens is 1. The average Bonchev–Trinajstić information content (AvgIpc) is 2.63. The van der Waals surface area contributed by atoms with Crippen molar-refractivity contribution in [1.82, 2.24) is 5.32 Å². The number of carbonyl (C=O) groups excluding carboxylic acids is 2. The lowest BCUT2D eigenvalue weighted by atomic mass is 9.68. The number of hydrogen-bond acceptors (Lipinski definition) is 5. The van der Waals surface area contributed by atoms with E-state index in [0.717, 1.165) is 34.3 Å². The molecule has 1 aliphatic carbocycles. The van der Waals surface area contributed by atoms with E-state index in [4.69, 9.17) is 9.47 Å². The van der Waals surface area contributed by atoms with Gasteiger partial charge in [0, 0.05) is 29.3 Å². The standard InChI is InChI=1S/C23H28BrNO4/c1-6-9-29-22(27)19-13(2)25-16-11-23(3,4)12-17(26)21(16)20(19)14-7-8-18(28-5)15(24)10-14/h7-8,10,20,25H,6,9,11-12H2,1-5H3. The molecule has 3 rings (SSSR count).